The molecule has 0 spiro atoms. The van der Waals surface area contributed by atoms with Crippen molar-refractivity contribution in [2.75, 3.05) is 27.4 Å². The smallest absolute Gasteiger partial charge is 0.127 e. The average Bonchev–Trinajstić information content (AvgIpc) is 3.27. The number of nitrogens with zero attached hydrogens (tertiary/aromatic N) is 3. The number of methoxy groups -OCH3 is 2. The van der Waals surface area contributed by atoms with Crippen molar-refractivity contribution in [2.45, 2.75) is 32.0 Å². The van der Waals surface area contributed by atoms with Crippen LogP contribution in [0.3, 0.4) is 0 Å². The highest BCUT2D eigenvalue weighted by atomic mass is 16.5. The van der Waals surface area contributed by atoms with E-state index in [0.29, 0.717) is 6.10 Å². The van der Waals surface area contributed by atoms with Crippen molar-refractivity contribution in [1.82, 2.24) is 14.7 Å². The van der Waals surface area contributed by atoms with Crippen LogP contribution in [0.25, 0.3) is 0 Å². The van der Waals surface area contributed by atoms with Crippen LogP contribution in [-0.2, 0) is 24.9 Å². The number of benzene rings is 1. The van der Waals surface area contributed by atoms with Crippen LogP contribution in [0.4, 0.5) is 0 Å². The normalized spacial score (nSPS) is 17.2. The molecule has 0 radical (unpaired) electrons. The lowest BCUT2D eigenvalue weighted by atomic mass is 10.1. The summed E-state index contributed by atoms with van der Waals surface area (Å²) in [5, 5.41) is 4.28. The molecule has 1 aliphatic heterocycles. The van der Waals surface area contributed by atoms with Gasteiger partial charge in [-0.25, -0.2) is 0 Å². The monoisotopic (exact) mass is 345 g/mol. The first kappa shape index (κ1) is 17.8. The molecule has 2 heterocycles. The topological polar surface area (TPSA) is 48.8 Å². The zero-order valence-corrected chi connectivity index (χ0v) is 15.3. The van der Waals surface area contributed by atoms with Gasteiger partial charge in [0.2, 0.25) is 0 Å². The zero-order valence-electron chi connectivity index (χ0n) is 15.3. The highest BCUT2D eigenvalue weighted by molar-refractivity contribution is 5.40. The maximum absolute atomic E-state index is 5.84. The summed E-state index contributed by atoms with van der Waals surface area (Å²) in [7, 11) is 5.31. The Morgan fingerprint density at radius 2 is 2.16 bits per heavy atom. The third kappa shape index (κ3) is 4.74. The molecule has 1 aromatic heterocycles. The van der Waals surface area contributed by atoms with Crippen LogP contribution < -0.4 is 9.47 Å². The molecule has 1 atom stereocenters. The van der Waals surface area contributed by atoms with Crippen LogP contribution in [0.5, 0.6) is 11.5 Å². The van der Waals surface area contributed by atoms with Crippen molar-refractivity contribution < 1.29 is 14.2 Å². The fourth-order valence-electron chi connectivity index (χ4n) is 3.30. The number of hydrogen-bond acceptors (Lipinski definition) is 5. The molecule has 1 fully saturated rings. The lowest BCUT2D eigenvalue weighted by Gasteiger charge is -2.25. The van der Waals surface area contributed by atoms with Gasteiger partial charge < -0.3 is 14.2 Å². The minimum absolute atomic E-state index is 0.306. The molecular formula is C19H27N3O3. The molecule has 6 nitrogen and oxygen atoms in total. The summed E-state index contributed by atoms with van der Waals surface area (Å²) < 4.78 is 18.5. The predicted molar refractivity (Wildman–Crippen MR) is 95.8 cm³/mol. The van der Waals surface area contributed by atoms with Crippen LogP contribution >= 0.6 is 0 Å². The van der Waals surface area contributed by atoms with Gasteiger partial charge >= 0.3 is 0 Å². The largest absolute Gasteiger partial charge is 0.497 e. The summed E-state index contributed by atoms with van der Waals surface area (Å²) in [6.07, 6.45) is 6.57. The maximum atomic E-state index is 5.84. The average molecular weight is 345 g/mol. The molecule has 0 unspecified atom stereocenters. The second-order valence-corrected chi connectivity index (χ2v) is 6.50. The predicted octanol–water partition coefficient (Wildman–Crippen LogP) is 2.62. The Hall–Kier alpha value is -2.05. The van der Waals surface area contributed by atoms with Crippen LogP contribution in [-0.4, -0.2) is 48.2 Å². The van der Waals surface area contributed by atoms with Crippen molar-refractivity contribution in [3.63, 3.8) is 0 Å². The SMILES string of the molecule is COc1ccc(CN(Cc2cnn(C)c2)C[C@@H]2CCCO2)c(OC)c1. The molecule has 1 aliphatic rings. The van der Waals surface area contributed by atoms with E-state index >= 15 is 0 Å². The van der Waals surface area contributed by atoms with E-state index in [0.717, 1.165) is 56.1 Å². The van der Waals surface area contributed by atoms with Gasteiger partial charge in [0.25, 0.3) is 0 Å². The minimum atomic E-state index is 0.306. The van der Waals surface area contributed by atoms with Gasteiger partial charge in [-0.2, -0.15) is 5.10 Å². The van der Waals surface area contributed by atoms with Crippen LogP contribution in [0.1, 0.15) is 24.0 Å². The van der Waals surface area contributed by atoms with Gasteiger partial charge in [0.05, 0.1) is 26.5 Å². The standard InChI is InChI=1S/C19H27N3O3/c1-21-11-15(10-20-21)12-22(14-18-5-4-8-25-18)13-16-6-7-17(23-2)9-19(16)24-3/h6-7,9-11,18H,4-5,8,12-14H2,1-3H3/t18-/m0/s1. The zero-order chi connectivity index (χ0) is 17.6. The van der Waals surface area contributed by atoms with Gasteiger partial charge in [0.15, 0.2) is 0 Å². The summed E-state index contributed by atoms with van der Waals surface area (Å²) in [6, 6.07) is 5.99. The fourth-order valence-corrected chi connectivity index (χ4v) is 3.30. The van der Waals surface area contributed by atoms with Crippen molar-refractivity contribution in [3.05, 3.63) is 41.7 Å². The molecule has 0 amide bonds. The molecule has 2 aromatic rings. The van der Waals surface area contributed by atoms with E-state index in [2.05, 4.69) is 22.3 Å². The first-order valence-electron chi connectivity index (χ1n) is 8.70. The van der Waals surface area contributed by atoms with Gasteiger partial charge in [-0.1, -0.05) is 6.07 Å². The number of ether oxygens (including phenoxy) is 3. The van der Waals surface area contributed by atoms with E-state index in [1.54, 1.807) is 14.2 Å². The Morgan fingerprint density at radius 3 is 2.80 bits per heavy atom. The molecule has 6 heteroatoms. The molecule has 3 rings (SSSR count). The van der Waals surface area contributed by atoms with Crippen LogP contribution in [0.2, 0.25) is 0 Å². The van der Waals surface area contributed by atoms with E-state index in [9.17, 15) is 0 Å². The van der Waals surface area contributed by atoms with E-state index in [4.69, 9.17) is 14.2 Å². The van der Waals surface area contributed by atoms with Crippen molar-refractivity contribution >= 4 is 0 Å². The van der Waals surface area contributed by atoms with Crippen molar-refractivity contribution in [2.24, 2.45) is 7.05 Å². The summed E-state index contributed by atoms with van der Waals surface area (Å²) in [4.78, 5) is 2.40. The molecule has 1 aromatic carbocycles. The lowest BCUT2D eigenvalue weighted by Crippen LogP contribution is -2.31. The molecular weight excluding hydrogens is 318 g/mol. The highest BCUT2D eigenvalue weighted by Crippen LogP contribution is 2.27. The van der Waals surface area contributed by atoms with Crippen LogP contribution in [0.15, 0.2) is 30.6 Å². The van der Waals surface area contributed by atoms with E-state index in [1.165, 1.54) is 5.56 Å². The van der Waals surface area contributed by atoms with Crippen molar-refractivity contribution in [1.29, 1.82) is 0 Å². The summed E-state index contributed by atoms with van der Waals surface area (Å²) in [5.74, 6) is 1.65. The molecule has 0 aliphatic carbocycles. The van der Waals surface area contributed by atoms with E-state index < -0.39 is 0 Å². The van der Waals surface area contributed by atoms with Gasteiger partial charge in [-0.3, -0.25) is 9.58 Å². The van der Waals surface area contributed by atoms with Gasteiger partial charge in [-0.15, -0.1) is 0 Å². The van der Waals surface area contributed by atoms with Crippen LogP contribution in [0, 0.1) is 0 Å². The van der Waals surface area contributed by atoms with Gasteiger partial charge in [0, 0.05) is 56.7 Å². The molecule has 0 saturated carbocycles. The Balaban J connectivity index is 1.76. The number of aryl methyl sites for hydroxylation is 1. The number of rotatable bonds is 8. The summed E-state index contributed by atoms with van der Waals surface area (Å²) >= 11 is 0. The number of hydrogen-bond donors (Lipinski definition) is 0. The Morgan fingerprint density at radius 1 is 1.28 bits per heavy atom. The molecule has 1 saturated heterocycles. The molecule has 0 bridgehead atoms. The minimum Gasteiger partial charge on any atom is -0.497 e. The highest BCUT2D eigenvalue weighted by Gasteiger charge is 2.21. The third-order valence-corrected chi connectivity index (χ3v) is 4.54. The fraction of sp³-hybridized carbons (Fsp3) is 0.526. The third-order valence-electron chi connectivity index (χ3n) is 4.54. The Labute approximate surface area is 149 Å². The lowest BCUT2D eigenvalue weighted by molar-refractivity contribution is 0.0676. The quantitative estimate of drug-likeness (QED) is 0.736. The Kier molecular flexibility index (Phi) is 5.94. The van der Waals surface area contributed by atoms with Gasteiger partial charge in [0.1, 0.15) is 11.5 Å². The number of aromatic nitrogens is 2. The molecule has 25 heavy (non-hydrogen) atoms. The molecule has 136 valence electrons. The first-order valence-corrected chi connectivity index (χ1v) is 8.70. The maximum Gasteiger partial charge on any atom is 0.127 e. The van der Waals surface area contributed by atoms with Gasteiger partial charge in [-0.05, 0) is 18.9 Å². The van der Waals surface area contributed by atoms with E-state index in [1.807, 2.05) is 30.1 Å². The second-order valence-electron chi connectivity index (χ2n) is 6.50. The molecule has 0 N–H and O–H groups in total. The first-order chi connectivity index (χ1) is 12.2. The second kappa shape index (κ2) is 8.36. The summed E-state index contributed by atoms with van der Waals surface area (Å²) in [5.41, 5.74) is 2.35. The Bertz CT molecular complexity index is 680. The van der Waals surface area contributed by atoms with Crippen molar-refractivity contribution in [3.8, 4) is 11.5 Å². The van der Waals surface area contributed by atoms with E-state index in [-0.39, 0.29) is 0 Å². The summed E-state index contributed by atoms with van der Waals surface area (Å²) in [6.45, 7) is 3.41.